The van der Waals surface area contributed by atoms with E-state index < -0.39 is 0 Å². The van der Waals surface area contributed by atoms with Crippen LogP contribution in [0.5, 0.6) is 0 Å². The minimum Gasteiger partial charge on any atom is -0.286 e. The van der Waals surface area contributed by atoms with Gasteiger partial charge in [0, 0.05) is 19.9 Å². The van der Waals surface area contributed by atoms with Crippen LogP contribution in [0.2, 0.25) is 0 Å². The Bertz CT molecular complexity index is 189. The van der Waals surface area contributed by atoms with Gasteiger partial charge < -0.3 is 0 Å². The Hall–Kier alpha value is -0.860. The van der Waals surface area contributed by atoms with Gasteiger partial charge in [0.15, 0.2) is 0 Å². The van der Waals surface area contributed by atoms with E-state index in [1.54, 1.807) is 7.05 Å². The number of likely N-dealkylation sites (tertiary alicyclic amines) is 1. The molecule has 1 aliphatic rings. The van der Waals surface area contributed by atoms with Gasteiger partial charge in [-0.15, -0.1) is 0 Å². The number of amides is 2. The van der Waals surface area contributed by atoms with E-state index in [9.17, 15) is 9.59 Å². The molecule has 0 N–H and O–H groups in total. The lowest BCUT2D eigenvalue weighted by Gasteiger charge is -2.32. The van der Waals surface area contributed by atoms with Crippen molar-refractivity contribution in [3.63, 3.8) is 0 Å². The molecule has 13 heavy (non-hydrogen) atoms. The Morgan fingerprint density at radius 1 is 1.08 bits per heavy atom. The van der Waals surface area contributed by atoms with E-state index in [4.69, 9.17) is 0 Å². The van der Waals surface area contributed by atoms with Crippen LogP contribution in [0.15, 0.2) is 0 Å². The van der Waals surface area contributed by atoms with Crippen molar-refractivity contribution < 1.29 is 9.59 Å². The number of nitrogens with zero attached hydrogens (tertiary/aromatic N) is 1. The van der Waals surface area contributed by atoms with Crippen LogP contribution >= 0.6 is 0 Å². The van der Waals surface area contributed by atoms with Crippen molar-refractivity contribution in [2.75, 3.05) is 7.05 Å². The van der Waals surface area contributed by atoms with Crippen LogP contribution in [0.25, 0.3) is 0 Å². The largest absolute Gasteiger partial charge is 0.286 e. The van der Waals surface area contributed by atoms with Crippen LogP contribution in [0.1, 0.15) is 40.5 Å². The molecule has 1 saturated heterocycles. The normalized spacial score (nSPS) is 20.8. The van der Waals surface area contributed by atoms with E-state index in [0.717, 1.165) is 0 Å². The molecule has 0 bridgehead atoms. The van der Waals surface area contributed by atoms with Crippen molar-refractivity contribution in [1.82, 2.24) is 4.90 Å². The summed E-state index contributed by atoms with van der Waals surface area (Å²) in [4.78, 5) is 23.5. The molecule has 1 rings (SSSR count). The van der Waals surface area contributed by atoms with Crippen molar-refractivity contribution >= 4 is 11.8 Å². The average molecular weight is 185 g/mol. The summed E-state index contributed by atoms with van der Waals surface area (Å²) in [5, 5.41) is 0. The first-order chi connectivity index (χ1) is 5.92. The zero-order chi connectivity index (χ0) is 10.6. The van der Waals surface area contributed by atoms with Crippen molar-refractivity contribution in [1.29, 1.82) is 0 Å². The highest BCUT2D eigenvalue weighted by atomic mass is 16.2. The lowest BCUT2D eigenvalue weighted by Crippen LogP contribution is -2.43. The van der Waals surface area contributed by atoms with Gasteiger partial charge in [-0.3, -0.25) is 14.5 Å². The lowest BCUT2D eigenvalue weighted by atomic mass is 9.82. The molecule has 0 aliphatic carbocycles. The fourth-order valence-electron chi connectivity index (χ4n) is 1.26. The third-order valence-electron chi connectivity index (χ3n) is 2.01. The molecule has 0 spiro atoms. The standard InChI is InChI=1S/C8H13NO2.C2H6/c1-8(2)4-6(10)9(3)7(11)5-8;1-2/h4-5H2,1-3H3;1-2H3. The minimum absolute atomic E-state index is 0.0637. The SMILES string of the molecule is CC.CN1C(=O)CC(C)(C)CC1=O. The maximum absolute atomic E-state index is 11.1. The van der Waals surface area contributed by atoms with Gasteiger partial charge in [-0.05, 0) is 5.41 Å². The quantitative estimate of drug-likeness (QED) is 0.540. The third kappa shape index (κ3) is 3.17. The van der Waals surface area contributed by atoms with Crippen LogP contribution in [0, 0.1) is 5.41 Å². The van der Waals surface area contributed by atoms with Crippen LogP contribution in [0.3, 0.4) is 0 Å². The van der Waals surface area contributed by atoms with E-state index in [0.29, 0.717) is 12.8 Å². The van der Waals surface area contributed by atoms with E-state index in [-0.39, 0.29) is 17.2 Å². The predicted octanol–water partition coefficient (Wildman–Crippen LogP) is 1.82. The molecule has 0 atom stereocenters. The number of rotatable bonds is 0. The van der Waals surface area contributed by atoms with Crippen LogP contribution < -0.4 is 0 Å². The highest BCUT2D eigenvalue weighted by Gasteiger charge is 2.34. The summed E-state index contributed by atoms with van der Waals surface area (Å²) in [6, 6.07) is 0. The smallest absolute Gasteiger partial charge is 0.229 e. The number of carbonyl (C=O) groups excluding carboxylic acids is 2. The van der Waals surface area contributed by atoms with Crippen LogP contribution in [0.4, 0.5) is 0 Å². The lowest BCUT2D eigenvalue weighted by molar-refractivity contribution is -0.150. The van der Waals surface area contributed by atoms with E-state index in [2.05, 4.69) is 0 Å². The van der Waals surface area contributed by atoms with Gasteiger partial charge in [0.25, 0.3) is 0 Å². The Morgan fingerprint density at radius 2 is 1.38 bits per heavy atom. The van der Waals surface area contributed by atoms with Crippen molar-refractivity contribution in [2.45, 2.75) is 40.5 Å². The number of piperidine rings is 1. The fourth-order valence-corrected chi connectivity index (χ4v) is 1.26. The average Bonchev–Trinajstić information content (AvgIpc) is 2.02. The summed E-state index contributed by atoms with van der Waals surface area (Å²) in [6.07, 6.45) is 0.963. The molecule has 0 aromatic heterocycles. The first-order valence-electron chi connectivity index (χ1n) is 4.72. The molecule has 0 radical (unpaired) electrons. The minimum atomic E-state index is -0.138. The third-order valence-corrected chi connectivity index (χ3v) is 2.01. The van der Waals surface area contributed by atoms with Gasteiger partial charge in [0.2, 0.25) is 11.8 Å². The molecule has 0 aromatic rings. The van der Waals surface area contributed by atoms with Gasteiger partial charge in [-0.2, -0.15) is 0 Å². The Morgan fingerprint density at radius 3 is 1.69 bits per heavy atom. The van der Waals surface area contributed by atoms with E-state index in [1.165, 1.54) is 4.90 Å². The molecule has 76 valence electrons. The highest BCUT2D eigenvalue weighted by molar-refractivity contribution is 5.98. The van der Waals surface area contributed by atoms with Crippen LogP contribution in [-0.2, 0) is 9.59 Å². The molecular weight excluding hydrogens is 166 g/mol. The molecule has 1 aliphatic heterocycles. The molecule has 0 saturated carbocycles. The van der Waals surface area contributed by atoms with Gasteiger partial charge in [0.05, 0.1) is 0 Å². The van der Waals surface area contributed by atoms with Gasteiger partial charge in [-0.25, -0.2) is 0 Å². The number of carbonyl (C=O) groups is 2. The molecule has 1 heterocycles. The Kier molecular flexibility index (Phi) is 4.11. The second kappa shape index (κ2) is 4.40. The van der Waals surface area contributed by atoms with Crippen molar-refractivity contribution in [3.8, 4) is 0 Å². The summed E-state index contributed by atoms with van der Waals surface area (Å²) in [6.45, 7) is 7.88. The number of imide groups is 1. The highest BCUT2D eigenvalue weighted by Crippen LogP contribution is 2.30. The molecule has 3 nitrogen and oxygen atoms in total. The molecule has 0 unspecified atom stereocenters. The van der Waals surface area contributed by atoms with Gasteiger partial charge >= 0.3 is 0 Å². The second-order valence-corrected chi connectivity index (χ2v) is 3.86. The Balaban J connectivity index is 0.000000671. The predicted molar refractivity (Wildman–Crippen MR) is 52.1 cm³/mol. The molecule has 2 amide bonds. The van der Waals surface area contributed by atoms with Crippen molar-refractivity contribution in [3.05, 3.63) is 0 Å². The molecule has 3 heteroatoms. The summed E-state index contributed by atoms with van der Waals surface area (Å²) in [5.41, 5.74) is -0.138. The number of hydrogen-bond acceptors (Lipinski definition) is 2. The van der Waals surface area contributed by atoms with E-state index in [1.807, 2.05) is 27.7 Å². The second-order valence-electron chi connectivity index (χ2n) is 3.86. The monoisotopic (exact) mass is 185 g/mol. The molecule has 1 fully saturated rings. The summed E-state index contributed by atoms with van der Waals surface area (Å²) in [5.74, 6) is -0.127. The zero-order valence-corrected chi connectivity index (χ0v) is 9.18. The van der Waals surface area contributed by atoms with Crippen LogP contribution in [-0.4, -0.2) is 23.8 Å². The zero-order valence-electron chi connectivity index (χ0n) is 9.18. The topological polar surface area (TPSA) is 37.4 Å². The molecular formula is C10H19NO2. The van der Waals surface area contributed by atoms with Crippen molar-refractivity contribution in [2.24, 2.45) is 5.41 Å². The first kappa shape index (κ1) is 12.1. The van der Waals surface area contributed by atoms with Gasteiger partial charge in [-0.1, -0.05) is 27.7 Å². The Labute approximate surface area is 80.1 Å². The summed E-state index contributed by atoms with van der Waals surface area (Å²) < 4.78 is 0. The van der Waals surface area contributed by atoms with Gasteiger partial charge in [0.1, 0.15) is 0 Å². The fraction of sp³-hybridized carbons (Fsp3) is 0.800. The number of hydrogen-bond donors (Lipinski definition) is 0. The first-order valence-corrected chi connectivity index (χ1v) is 4.72. The maximum Gasteiger partial charge on any atom is 0.229 e. The summed E-state index contributed by atoms with van der Waals surface area (Å²) in [7, 11) is 1.54. The molecule has 0 aromatic carbocycles. The summed E-state index contributed by atoms with van der Waals surface area (Å²) >= 11 is 0. The maximum atomic E-state index is 11.1. The van der Waals surface area contributed by atoms with E-state index >= 15 is 0 Å².